The molecule has 6 heteroatoms. The summed E-state index contributed by atoms with van der Waals surface area (Å²) in [5.41, 5.74) is 1.87. The van der Waals surface area contributed by atoms with Gasteiger partial charge in [0.1, 0.15) is 5.75 Å². The minimum atomic E-state index is -3.39. The summed E-state index contributed by atoms with van der Waals surface area (Å²) in [6.07, 6.45) is 0. The van der Waals surface area contributed by atoms with Crippen molar-refractivity contribution in [2.24, 2.45) is 11.8 Å². The molecule has 0 aliphatic carbocycles. The second kappa shape index (κ2) is 7.02. The first kappa shape index (κ1) is 17.5. The van der Waals surface area contributed by atoms with Gasteiger partial charge in [-0.05, 0) is 41.6 Å². The quantitative estimate of drug-likeness (QED) is 0.876. The molecule has 0 bridgehead atoms. The number of sulfonamides is 1. The number of rotatable bonds is 5. The van der Waals surface area contributed by atoms with E-state index in [2.05, 4.69) is 5.32 Å². The van der Waals surface area contributed by atoms with Crippen molar-refractivity contribution in [1.82, 2.24) is 9.62 Å². The van der Waals surface area contributed by atoms with E-state index in [1.54, 1.807) is 11.4 Å². The van der Waals surface area contributed by atoms with Gasteiger partial charge in [0.05, 0.1) is 18.9 Å². The van der Waals surface area contributed by atoms with Crippen molar-refractivity contribution in [2.75, 3.05) is 26.7 Å². The number of nitrogens with zero attached hydrogens (tertiary/aromatic N) is 1. The van der Waals surface area contributed by atoms with E-state index in [1.165, 1.54) is 0 Å². The molecule has 26 heavy (non-hydrogen) atoms. The van der Waals surface area contributed by atoms with Crippen molar-refractivity contribution in [1.29, 1.82) is 0 Å². The molecule has 138 valence electrons. The summed E-state index contributed by atoms with van der Waals surface area (Å²) in [5.74, 6) is 1.51. The van der Waals surface area contributed by atoms with Gasteiger partial charge in [-0.25, -0.2) is 8.42 Å². The molecule has 0 amide bonds. The molecule has 2 fully saturated rings. The molecule has 3 atom stereocenters. The highest BCUT2D eigenvalue weighted by Crippen LogP contribution is 2.44. The van der Waals surface area contributed by atoms with Crippen LogP contribution in [-0.2, 0) is 15.8 Å². The Morgan fingerprint density at radius 1 is 1.08 bits per heavy atom. The van der Waals surface area contributed by atoms with E-state index in [0.717, 1.165) is 30.0 Å². The lowest BCUT2D eigenvalue weighted by Crippen LogP contribution is -2.35. The number of nitrogens with one attached hydrogen (secondary N) is 1. The minimum Gasteiger partial charge on any atom is -0.497 e. The van der Waals surface area contributed by atoms with Gasteiger partial charge in [0.25, 0.3) is 0 Å². The van der Waals surface area contributed by atoms with E-state index in [-0.39, 0.29) is 11.8 Å². The molecule has 5 nitrogen and oxygen atoms in total. The maximum Gasteiger partial charge on any atom is 0.218 e. The molecule has 4 rings (SSSR count). The Kier molecular flexibility index (Phi) is 4.73. The average Bonchev–Trinajstić information content (AvgIpc) is 3.24. The predicted octanol–water partition coefficient (Wildman–Crippen LogP) is 2.42. The first-order valence-corrected chi connectivity index (χ1v) is 10.6. The lowest BCUT2D eigenvalue weighted by atomic mass is 9.90. The topological polar surface area (TPSA) is 58.6 Å². The standard InChI is InChI=1S/C20H24N2O3S/c1-25-18-9-7-16(8-10-18)20-19-12-21-11-17(19)13-22(20)26(23,24)14-15-5-3-2-4-6-15/h2-10,17,19-21H,11-14H2,1H3/t17-,19-,20+/m0/s1. The Labute approximate surface area is 155 Å². The minimum absolute atomic E-state index is 0.0490. The number of hydrogen-bond donors (Lipinski definition) is 1. The van der Waals surface area contributed by atoms with Crippen LogP contribution in [0, 0.1) is 11.8 Å². The molecule has 0 aromatic heterocycles. The summed E-state index contributed by atoms with van der Waals surface area (Å²) >= 11 is 0. The van der Waals surface area contributed by atoms with E-state index in [1.807, 2.05) is 54.6 Å². The number of ether oxygens (including phenoxy) is 1. The van der Waals surface area contributed by atoms with Gasteiger partial charge in [-0.2, -0.15) is 4.31 Å². The smallest absolute Gasteiger partial charge is 0.218 e. The van der Waals surface area contributed by atoms with E-state index in [0.29, 0.717) is 18.4 Å². The fourth-order valence-electron chi connectivity index (χ4n) is 4.25. The van der Waals surface area contributed by atoms with Gasteiger partial charge in [0.2, 0.25) is 10.0 Å². The van der Waals surface area contributed by atoms with Crippen LogP contribution in [0.2, 0.25) is 0 Å². The Morgan fingerprint density at radius 2 is 1.81 bits per heavy atom. The summed E-state index contributed by atoms with van der Waals surface area (Å²) in [7, 11) is -1.76. The van der Waals surface area contributed by atoms with E-state index in [4.69, 9.17) is 4.74 Å². The van der Waals surface area contributed by atoms with Crippen LogP contribution in [0.1, 0.15) is 17.2 Å². The highest BCUT2D eigenvalue weighted by Gasteiger charge is 2.49. The van der Waals surface area contributed by atoms with Gasteiger partial charge >= 0.3 is 0 Å². The molecule has 2 aliphatic rings. The van der Waals surface area contributed by atoms with Crippen LogP contribution >= 0.6 is 0 Å². The number of benzene rings is 2. The summed E-state index contributed by atoms with van der Waals surface area (Å²) in [6.45, 7) is 2.33. The van der Waals surface area contributed by atoms with Crippen molar-refractivity contribution in [3.63, 3.8) is 0 Å². The largest absolute Gasteiger partial charge is 0.497 e. The number of hydrogen-bond acceptors (Lipinski definition) is 4. The Hall–Kier alpha value is -1.89. The lowest BCUT2D eigenvalue weighted by Gasteiger charge is -2.28. The third-order valence-electron chi connectivity index (χ3n) is 5.53. The van der Waals surface area contributed by atoms with Crippen LogP contribution in [-0.4, -0.2) is 39.5 Å². The van der Waals surface area contributed by atoms with Gasteiger partial charge in [-0.15, -0.1) is 0 Å². The molecule has 0 unspecified atom stereocenters. The van der Waals surface area contributed by atoms with Crippen LogP contribution in [0.5, 0.6) is 5.75 Å². The monoisotopic (exact) mass is 372 g/mol. The van der Waals surface area contributed by atoms with Crippen LogP contribution in [0.15, 0.2) is 54.6 Å². The van der Waals surface area contributed by atoms with Crippen LogP contribution in [0.3, 0.4) is 0 Å². The third kappa shape index (κ3) is 3.24. The van der Waals surface area contributed by atoms with E-state index >= 15 is 0 Å². The lowest BCUT2D eigenvalue weighted by molar-refractivity contribution is 0.344. The van der Waals surface area contributed by atoms with Crippen LogP contribution < -0.4 is 10.1 Å². The third-order valence-corrected chi connectivity index (χ3v) is 7.32. The van der Waals surface area contributed by atoms with Gasteiger partial charge < -0.3 is 10.1 Å². The second-order valence-electron chi connectivity index (χ2n) is 7.11. The van der Waals surface area contributed by atoms with Gasteiger partial charge in [0.15, 0.2) is 0 Å². The maximum absolute atomic E-state index is 13.2. The summed E-state index contributed by atoms with van der Waals surface area (Å²) < 4.78 is 33.4. The summed E-state index contributed by atoms with van der Waals surface area (Å²) in [5, 5.41) is 3.42. The Morgan fingerprint density at radius 3 is 2.50 bits per heavy atom. The van der Waals surface area contributed by atoms with Crippen LogP contribution in [0.4, 0.5) is 0 Å². The number of fused-ring (bicyclic) bond motifs is 1. The molecule has 2 aromatic carbocycles. The fraction of sp³-hybridized carbons (Fsp3) is 0.400. The van der Waals surface area contributed by atoms with Crippen molar-refractivity contribution < 1.29 is 13.2 Å². The highest BCUT2D eigenvalue weighted by molar-refractivity contribution is 7.88. The Balaban J connectivity index is 1.66. The van der Waals surface area contributed by atoms with Gasteiger partial charge in [-0.1, -0.05) is 42.5 Å². The second-order valence-corrected chi connectivity index (χ2v) is 9.03. The molecule has 2 heterocycles. The van der Waals surface area contributed by atoms with E-state index < -0.39 is 10.0 Å². The predicted molar refractivity (Wildman–Crippen MR) is 101 cm³/mol. The zero-order valence-electron chi connectivity index (χ0n) is 14.8. The molecule has 2 aliphatic heterocycles. The molecule has 2 saturated heterocycles. The van der Waals surface area contributed by atoms with Crippen molar-refractivity contribution >= 4 is 10.0 Å². The van der Waals surface area contributed by atoms with Crippen molar-refractivity contribution in [2.45, 2.75) is 11.8 Å². The van der Waals surface area contributed by atoms with Gasteiger partial charge in [0, 0.05) is 13.1 Å². The normalized spacial score (nSPS) is 26.0. The molecule has 0 spiro atoms. The molecule has 0 saturated carbocycles. The van der Waals surface area contributed by atoms with Crippen LogP contribution in [0.25, 0.3) is 0 Å². The summed E-state index contributed by atoms with van der Waals surface area (Å²) in [6, 6.07) is 17.1. The molecule has 1 N–H and O–H groups in total. The average molecular weight is 372 g/mol. The SMILES string of the molecule is COc1ccc([C@@H]2[C@H]3CNC[C@H]3CN2S(=O)(=O)Cc2ccccc2)cc1. The Bertz CT molecular complexity index is 852. The molecular weight excluding hydrogens is 348 g/mol. The maximum atomic E-state index is 13.2. The molecule has 0 radical (unpaired) electrons. The summed E-state index contributed by atoms with van der Waals surface area (Å²) in [4.78, 5) is 0. The van der Waals surface area contributed by atoms with Gasteiger partial charge in [-0.3, -0.25) is 0 Å². The van der Waals surface area contributed by atoms with Crippen molar-refractivity contribution in [3.8, 4) is 5.75 Å². The molecule has 2 aromatic rings. The first-order chi connectivity index (χ1) is 12.6. The van der Waals surface area contributed by atoms with E-state index in [9.17, 15) is 8.42 Å². The first-order valence-electron chi connectivity index (χ1n) is 8.96. The van der Waals surface area contributed by atoms with Crippen molar-refractivity contribution in [3.05, 3.63) is 65.7 Å². The number of methoxy groups -OCH3 is 1. The highest BCUT2D eigenvalue weighted by atomic mass is 32.2. The fourth-order valence-corrected chi connectivity index (χ4v) is 6.07. The zero-order valence-corrected chi connectivity index (χ0v) is 15.7. The molecular formula is C20H24N2O3S. The zero-order chi connectivity index (χ0) is 18.1.